The number of aldehydes is 1. The van der Waals surface area contributed by atoms with Gasteiger partial charge in [0.15, 0.2) is 0 Å². The molecule has 0 spiro atoms. The molecule has 18 heavy (non-hydrogen) atoms. The largest absolute Gasteiger partial charge is 0.322 e. The number of rotatable bonds is 6. The number of nitrogens with zero attached hydrogens (tertiary/aromatic N) is 3. The van der Waals surface area contributed by atoms with Gasteiger partial charge in [-0.1, -0.05) is 6.92 Å². The van der Waals surface area contributed by atoms with Crippen LogP contribution in [0, 0.1) is 5.92 Å². The molecule has 1 aliphatic heterocycles. The second kappa shape index (κ2) is 5.26. The molecular weight excluding hydrogens is 230 g/mol. The SMILES string of the molecule is CCN(C)[C@@H](C=O)C1CN(CC2CC2)C(=O)N1C. The van der Waals surface area contributed by atoms with E-state index in [-0.39, 0.29) is 18.1 Å². The number of amides is 2. The Hall–Kier alpha value is -1.10. The van der Waals surface area contributed by atoms with Crippen molar-refractivity contribution in [1.82, 2.24) is 14.7 Å². The number of carbonyl (C=O) groups is 2. The zero-order valence-corrected chi connectivity index (χ0v) is 11.5. The first-order chi connectivity index (χ1) is 8.58. The predicted molar refractivity (Wildman–Crippen MR) is 69.4 cm³/mol. The summed E-state index contributed by atoms with van der Waals surface area (Å²) in [5.74, 6) is 0.694. The fourth-order valence-electron chi connectivity index (χ4n) is 2.59. The molecule has 2 atom stereocenters. The van der Waals surface area contributed by atoms with Gasteiger partial charge in [0, 0.05) is 20.1 Å². The third-order valence-electron chi connectivity index (χ3n) is 4.19. The first-order valence-electron chi connectivity index (χ1n) is 6.75. The van der Waals surface area contributed by atoms with Crippen molar-refractivity contribution in [2.24, 2.45) is 5.92 Å². The lowest BCUT2D eigenvalue weighted by Gasteiger charge is -2.30. The van der Waals surface area contributed by atoms with Crippen molar-refractivity contribution in [1.29, 1.82) is 0 Å². The molecule has 1 aliphatic carbocycles. The highest BCUT2D eigenvalue weighted by Gasteiger charge is 2.42. The van der Waals surface area contributed by atoms with E-state index in [0.717, 1.165) is 19.4 Å². The van der Waals surface area contributed by atoms with Crippen LogP contribution in [0.15, 0.2) is 0 Å². The normalized spacial score (nSPS) is 26.0. The molecule has 102 valence electrons. The molecule has 1 saturated carbocycles. The summed E-state index contributed by atoms with van der Waals surface area (Å²) >= 11 is 0. The highest BCUT2D eigenvalue weighted by atomic mass is 16.2. The maximum Gasteiger partial charge on any atom is 0.320 e. The molecule has 2 fully saturated rings. The summed E-state index contributed by atoms with van der Waals surface area (Å²) in [6.45, 7) is 4.38. The van der Waals surface area contributed by atoms with Crippen molar-refractivity contribution < 1.29 is 9.59 Å². The minimum atomic E-state index is -0.201. The molecule has 1 heterocycles. The highest BCUT2D eigenvalue weighted by molar-refractivity contribution is 5.78. The minimum Gasteiger partial charge on any atom is -0.322 e. The second-order valence-electron chi connectivity index (χ2n) is 5.51. The number of hydrogen-bond donors (Lipinski definition) is 0. The van der Waals surface area contributed by atoms with E-state index in [9.17, 15) is 9.59 Å². The van der Waals surface area contributed by atoms with Gasteiger partial charge in [0.25, 0.3) is 0 Å². The van der Waals surface area contributed by atoms with Crippen LogP contribution in [0.2, 0.25) is 0 Å². The van der Waals surface area contributed by atoms with Crippen LogP contribution in [0.5, 0.6) is 0 Å². The van der Waals surface area contributed by atoms with Gasteiger partial charge in [-0.2, -0.15) is 0 Å². The van der Waals surface area contributed by atoms with Gasteiger partial charge in [0.05, 0.1) is 12.1 Å². The van der Waals surface area contributed by atoms with E-state index in [1.165, 1.54) is 12.8 Å². The van der Waals surface area contributed by atoms with E-state index >= 15 is 0 Å². The van der Waals surface area contributed by atoms with Gasteiger partial charge in [0.1, 0.15) is 6.29 Å². The molecule has 0 radical (unpaired) electrons. The Morgan fingerprint density at radius 2 is 2.17 bits per heavy atom. The fourth-order valence-corrected chi connectivity index (χ4v) is 2.59. The van der Waals surface area contributed by atoms with Crippen LogP contribution in [0.4, 0.5) is 4.79 Å². The Morgan fingerprint density at radius 1 is 1.50 bits per heavy atom. The van der Waals surface area contributed by atoms with Gasteiger partial charge >= 0.3 is 6.03 Å². The van der Waals surface area contributed by atoms with Crippen LogP contribution < -0.4 is 0 Å². The number of likely N-dealkylation sites (N-methyl/N-ethyl adjacent to an activating group) is 2. The van der Waals surface area contributed by atoms with Gasteiger partial charge in [-0.05, 0) is 32.4 Å². The van der Waals surface area contributed by atoms with Crippen molar-refractivity contribution in [3.05, 3.63) is 0 Å². The van der Waals surface area contributed by atoms with Crippen molar-refractivity contribution in [2.45, 2.75) is 31.8 Å². The monoisotopic (exact) mass is 253 g/mol. The van der Waals surface area contributed by atoms with Gasteiger partial charge < -0.3 is 14.6 Å². The second-order valence-corrected chi connectivity index (χ2v) is 5.51. The standard InChI is InChI=1S/C13H23N3O2/c1-4-14(2)12(9-17)11-8-16(7-10-5-6-10)13(18)15(11)3/h9-12H,4-8H2,1-3H3/t11?,12-/m0/s1. The fraction of sp³-hybridized carbons (Fsp3) is 0.846. The molecule has 2 rings (SSSR count). The summed E-state index contributed by atoms with van der Waals surface area (Å²) in [6.07, 6.45) is 3.45. The Balaban J connectivity index is 2.03. The molecule has 5 nitrogen and oxygen atoms in total. The molecule has 1 unspecified atom stereocenters. The van der Waals surface area contributed by atoms with Crippen LogP contribution in [-0.2, 0) is 4.79 Å². The maximum absolute atomic E-state index is 12.1. The van der Waals surface area contributed by atoms with Crippen LogP contribution in [0.3, 0.4) is 0 Å². The molecule has 1 saturated heterocycles. The zero-order chi connectivity index (χ0) is 13.3. The Morgan fingerprint density at radius 3 is 2.67 bits per heavy atom. The topological polar surface area (TPSA) is 43.9 Å². The van der Waals surface area contributed by atoms with Crippen LogP contribution in [0.25, 0.3) is 0 Å². The third kappa shape index (κ3) is 2.51. The van der Waals surface area contributed by atoms with E-state index < -0.39 is 0 Å². The molecule has 2 amide bonds. The van der Waals surface area contributed by atoms with Crippen molar-refractivity contribution in [3.63, 3.8) is 0 Å². The summed E-state index contributed by atoms with van der Waals surface area (Å²) in [6, 6.07) is -0.143. The average Bonchev–Trinajstić information content (AvgIpc) is 3.14. The Bertz CT molecular complexity index is 330. The van der Waals surface area contributed by atoms with E-state index in [0.29, 0.717) is 12.5 Å². The molecular formula is C13H23N3O2. The first-order valence-corrected chi connectivity index (χ1v) is 6.75. The van der Waals surface area contributed by atoms with Gasteiger partial charge in [-0.25, -0.2) is 4.79 Å². The summed E-state index contributed by atoms with van der Waals surface area (Å²) in [5, 5.41) is 0. The van der Waals surface area contributed by atoms with Crippen LogP contribution in [-0.4, -0.2) is 72.8 Å². The van der Waals surface area contributed by atoms with E-state index in [4.69, 9.17) is 0 Å². The van der Waals surface area contributed by atoms with E-state index in [1.54, 1.807) is 11.9 Å². The molecule has 0 aromatic rings. The predicted octanol–water partition coefficient (Wildman–Crippen LogP) is 0.652. The van der Waals surface area contributed by atoms with Crippen molar-refractivity contribution in [3.8, 4) is 0 Å². The molecule has 0 aromatic carbocycles. The first kappa shape index (κ1) is 13.3. The van der Waals surface area contributed by atoms with Gasteiger partial charge in [-0.15, -0.1) is 0 Å². The van der Waals surface area contributed by atoms with Crippen molar-refractivity contribution in [2.75, 3.05) is 33.7 Å². The summed E-state index contributed by atoms with van der Waals surface area (Å²) in [5.41, 5.74) is 0. The molecule has 5 heteroatoms. The van der Waals surface area contributed by atoms with E-state index in [2.05, 4.69) is 0 Å². The lowest BCUT2D eigenvalue weighted by molar-refractivity contribution is -0.113. The molecule has 0 aromatic heterocycles. The highest BCUT2D eigenvalue weighted by Crippen LogP contribution is 2.31. The minimum absolute atomic E-state index is 0.0151. The smallest absolute Gasteiger partial charge is 0.320 e. The average molecular weight is 253 g/mol. The van der Waals surface area contributed by atoms with Gasteiger partial charge in [-0.3, -0.25) is 4.90 Å². The Kier molecular flexibility index (Phi) is 3.90. The maximum atomic E-state index is 12.1. The number of urea groups is 1. The Labute approximate surface area is 109 Å². The van der Waals surface area contributed by atoms with Gasteiger partial charge in [0.2, 0.25) is 0 Å². The van der Waals surface area contributed by atoms with Crippen LogP contribution in [0.1, 0.15) is 19.8 Å². The molecule has 2 aliphatic rings. The summed E-state index contributed by atoms with van der Waals surface area (Å²) in [4.78, 5) is 29.1. The number of hydrogen-bond acceptors (Lipinski definition) is 3. The lowest BCUT2D eigenvalue weighted by atomic mass is 10.1. The van der Waals surface area contributed by atoms with E-state index in [1.807, 2.05) is 23.8 Å². The third-order valence-corrected chi connectivity index (χ3v) is 4.19. The molecule has 0 bridgehead atoms. The zero-order valence-electron chi connectivity index (χ0n) is 11.5. The van der Waals surface area contributed by atoms with Crippen LogP contribution >= 0.6 is 0 Å². The molecule has 0 N–H and O–H groups in total. The van der Waals surface area contributed by atoms with Crippen molar-refractivity contribution >= 4 is 12.3 Å². The lowest BCUT2D eigenvalue weighted by Crippen LogP contribution is -2.49. The number of carbonyl (C=O) groups excluding carboxylic acids is 2. The summed E-state index contributed by atoms with van der Waals surface area (Å²) < 4.78 is 0. The summed E-state index contributed by atoms with van der Waals surface area (Å²) in [7, 11) is 3.74. The quantitative estimate of drug-likeness (QED) is 0.653.